The summed E-state index contributed by atoms with van der Waals surface area (Å²) in [5.74, 6) is 0.0268. The van der Waals surface area contributed by atoms with E-state index in [1.54, 1.807) is 7.05 Å². The number of nitrogens with one attached hydrogen (secondary N) is 2. The highest BCUT2D eigenvalue weighted by Gasteiger charge is 2.01. The number of rotatable bonds is 5. The third kappa shape index (κ3) is 4.10. The van der Waals surface area contributed by atoms with Crippen LogP contribution in [0, 0.1) is 0 Å². The van der Waals surface area contributed by atoms with Gasteiger partial charge in [0.2, 0.25) is 5.91 Å². The van der Waals surface area contributed by atoms with Gasteiger partial charge in [0.25, 0.3) is 0 Å². The standard InChI is InChI=1S/C16H17BrN2O/c1-18-16(20)10-12-6-8-14(9-7-12)19-11-13-4-2-3-5-15(13)17/h2-9,19H,10-11H2,1H3,(H,18,20). The third-order valence-corrected chi connectivity index (χ3v) is 3.81. The zero-order valence-corrected chi connectivity index (χ0v) is 12.9. The normalized spacial score (nSPS) is 10.1. The van der Waals surface area contributed by atoms with Crippen LogP contribution in [0.15, 0.2) is 53.0 Å². The van der Waals surface area contributed by atoms with Crippen LogP contribution in [-0.4, -0.2) is 13.0 Å². The van der Waals surface area contributed by atoms with E-state index in [0.717, 1.165) is 22.3 Å². The summed E-state index contributed by atoms with van der Waals surface area (Å²) in [6, 6.07) is 16.1. The van der Waals surface area contributed by atoms with Gasteiger partial charge in [-0.3, -0.25) is 4.79 Å². The molecular weight excluding hydrogens is 316 g/mol. The van der Waals surface area contributed by atoms with E-state index in [2.05, 4.69) is 32.6 Å². The molecule has 0 fully saturated rings. The first-order valence-corrected chi connectivity index (χ1v) is 7.25. The SMILES string of the molecule is CNC(=O)Cc1ccc(NCc2ccccc2Br)cc1. The van der Waals surface area contributed by atoms with Crippen LogP contribution < -0.4 is 10.6 Å². The van der Waals surface area contributed by atoms with Crippen LogP contribution in [0.4, 0.5) is 5.69 Å². The van der Waals surface area contributed by atoms with Crippen molar-refractivity contribution in [1.29, 1.82) is 0 Å². The molecule has 104 valence electrons. The highest BCUT2D eigenvalue weighted by molar-refractivity contribution is 9.10. The van der Waals surface area contributed by atoms with Crippen LogP contribution in [0.5, 0.6) is 0 Å². The van der Waals surface area contributed by atoms with Crippen molar-refractivity contribution in [2.24, 2.45) is 0 Å². The van der Waals surface area contributed by atoms with Crippen molar-refractivity contribution >= 4 is 27.5 Å². The van der Waals surface area contributed by atoms with E-state index in [1.807, 2.05) is 42.5 Å². The number of carbonyl (C=O) groups is 1. The molecule has 2 rings (SSSR count). The van der Waals surface area contributed by atoms with Crippen molar-refractivity contribution in [2.75, 3.05) is 12.4 Å². The first kappa shape index (κ1) is 14.6. The largest absolute Gasteiger partial charge is 0.381 e. The molecule has 0 aliphatic rings. The number of anilines is 1. The maximum absolute atomic E-state index is 11.3. The Balaban J connectivity index is 1.94. The molecule has 4 heteroatoms. The minimum Gasteiger partial charge on any atom is -0.381 e. The van der Waals surface area contributed by atoms with Crippen molar-refractivity contribution in [3.05, 3.63) is 64.1 Å². The summed E-state index contributed by atoms with van der Waals surface area (Å²) in [4.78, 5) is 11.3. The van der Waals surface area contributed by atoms with Crippen LogP contribution in [0.2, 0.25) is 0 Å². The quantitative estimate of drug-likeness (QED) is 0.881. The van der Waals surface area contributed by atoms with Gasteiger partial charge in [-0.15, -0.1) is 0 Å². The number of hydrogen-bond donors (Lipinski definition) is 2. The van der Waals surface area contributed by atoms with Crippen molar-refractivity contribution in [3.63, 3.8) is 0 Å². The van der Waals surface area contributed by atoms with Crippen LogP contribution in [0.25, 0.3) is 0 Å². The minimum atomic E-state index is 0.0268. The fourth-order valence-corrected chi connectivity index (χ4v) is 2.28. The molecule has 0 unspecified atom stereocenters. The van der Waals surface area contributed by atoms with Gasteiger partial charge in [0.05, 0.1) is 6.42 Å². The summed E-state index contributed by atoms with van der Waals surface area (Å²) < 4.78 is 1.10. The van der Waals surface area contributed by atoms with Gasteiger partial charge < -0.3 is 10.6 Å². The molecule has 20 heavy (non-hydrogen) atoms. The molecule has 0 spiro atoms. The number of likely N-dealkylation sites (N-methyl/N-ethyl adjacent to an activating group) is 1. The predicted molar refractivity (Wildman–Crippen MR) is 85.7 cm³/mol. The zero-order valence-electron chi connectivity index (χ0n) is 11.3. The molecule has 0 aliphatic carbocycles. The lowest BCUT2D eigenvalue weighted by Gasteiger charge is -2.09. The maximum Gasteiger partial charge on any atom is 0.224 e. The van der Waals surface area contributed by atoms with Crippen molar-refractivity contribution in [2.45, 2.75) is 13.0 Å². The molecule has 1 amide bonds. The van der Waals surface area contributed by atoms with Gasteiger partial charge in [-0.2, -0.15) is 0 Å². The highest BCUT2D eigenvalue weighted by atomic mass is 79.9. The number of benzene rings is 2. The minimum absolute atomic E-state index is 0.0268. The van der Waals surface area contributed by atoms with Crippen LogP contribution in [0.1, 0.15) is 11.1 Å². The summed E-state index contributed by atoms with van der Waals surface area (Å²) in [7, 11) is 1.65. The molecule has 0 bridgehead atoms. The van der Waals surface area contributed by atoms with E-state index in [0.29, 0.717) is 6.42 Å². The molecule has 0 saturated carbocycles. The van der Waals surface area contributed by atoms with Gasteiger partial charge in [-0.05, 0) is 29.3 Å². The van der Waals surface area contributed by atoms with E-state index < -0.39 is 0 Å². The second-order valence-electron chi connectivity index (χ2n) is 4.49. The molecule has 0 radical (unpaired) electrons. The van der Waals surface area contributed by atoms with Crippen LogP contribution in [-0.2, 0) is 17.8 Å². The van der Waals surface area contributed by atoms with Gasteiger partial charge >= 0.3 is 0 Å². The number of hydrogen-bond acceptors (Lipinski definition) is 2. The molecule has 0 saturated heterocycles. The maximum atomic E-state index is 11.3. The summed E-state index contributed by atoms with van der Waals surface area (Å²) >= 11 is 3.53. The Morgan fingerprint density at radius 1 is 1.10 bits per heavy atom. The molecule has 0 atom stereocenters. The topological polar surface area (TPSA) is 41.1 Å². The van der Waals surface area contributed by atoms with E-state index in [1.165, 1.54) is 5.56 Å². The third-order valence-electron chi connectivity index (χ3n) is 3.04. The fourth-order valence-electron chi connectivity index (χ4n) is 1.85. The highest BCUT2D eigenvalue weighted by Crippen LogP contribution is 2.18. The first-order chi connectivity index (χ1) is 9.69. The lowest BCUT2D eigenvalue weighted by molar-refractivity contribution is -0.119. The van der Waals surface area contributed by atoms with Crippen LogP contribution >= 0.6 is 15.9 Å². The van der Waals surface area contributed by atoms with Gasteiger partial charge in [-0.1, -0.05) is 46.3 Å². The molecule has 3 nitrogen and oxygen atoms in total. The van der Waals surface area contributed by atoms with E-state index in [4.69, 9.17) is 0 Å². The van der Waals surface area contributed by atoms with E-state index in [9.17, 15) is 4.79 Å². The Labute approximate surface area is 127 Å². The average Bonchev–Trinajstić information content (AvgIpc) is 2.48. The van der Waals surface area contributed by atoms with E-state index in [-0.39, 0.29) is 5.91 Å². The Bertz CT molecular complexity index is 581. The molecule has 2 aromatic carbocycles. The van der Waals surface area contributed by atoms with Gasteiger partial charge in [-0.25, -0.2) is 0 Å². The van der Waals surface area contributed by atoms with Gasteiger partial charge in [0.15, 0.2) is 0 Å². The number of amides is 1. The molecular formula is C16H17BrN2O. The van der Waals surface area contributed by atoms with Gasteiger partial charge in [0.1, 0.15) is 0 Å². The Kier molecular flexibility index (Phi) is 5.18. The van der Waals surface area contributed by atoms with E-state index >= 15 is 0 Å². The van der Waals surface area contributed by atoms with Crippen LogP contribution in [0.3, 0.4) is 0 Å². The van der Waals surface area contributed by atoms with Crippen molar-refractivity contribution in [3.8, 4) is 0 Å². The average molecular weight is 333 g/mol. The number of halogens is 1. The van der Waals surface area contributed by atoms with Gasteiger partial charge in [0, 0.05) is 23.8 Å². The summed E-state index contributed by atoms with van der Waals surface area (Å²) in [6.07, 6.45) is 0.418. The second kappa shape index (κ2) is 7.10. The smallest absolute Gasteiger partial charge is 0.224 e. The molecule has 2 N–H and O–H groups in total. The Morgan fingerprint density at radius 2 is 1.80 bits per heavy atom. The Morgan fingerprint density at radius 3 is 2.45 bits per heavy atom. The lowest BCUT2D eigenvalue weighted by Crippen LogP contribution is -2.19. The fraction of sp³-hybridized carbons (Fsp3) is 0.188. The summed E-state index contributed by atoms with van der Waals surface area (Å²) in [5.41, 5.74) is 3.26. The van der Waals surface area contributed by atoms with Crippen molar-refractivity contribution in [1.82, 2.24) is 5.32 Å². The molecule has 0 heterocycles. The molecule has 0 aromatic heterocycles. The predicted octanol–water partition coefficient (Wildman–Crippen LogP) is 3.35. The van der Waals surface area contributed by atoms with Crippen molar-refractivity contribution < 1.29 is 4.79 Å². The monoisotopic (exact) mass is 332 g/mol. The Hall–Kier alpha value is -1.81. The number of carbonyl (C=O) groups excluding carboxylic acids is 1. The lowest BCUT2D eigenvalue weighted by atomic mass is 10.1. The summed E-state index contributed by atoms with van der Waals surface area (Å²) in [5, 5.41) is 5.99. The zero-order chi connectivity index (χ0) is 14.4. The second-order valence-corrected chi connectivity index (χ2v) is 5.35. The molecule has 0 aliphatic heterocycles. The first-order valence-electron chi connectivity index (χ1n) is 6.46. The summed E-state index contributed by atoms with van der Waals surface area (Å²) in [6.45, 7) is 0.760. The molecule has 2 aromatic rings.